The summed E-state index contributed by atoms with van der Waals surface area (Å²) in [6.07, 6.45) is 1.94. The topological polar surface area (TPSA) is 65.6 Å². The summed E-state index contributed by atoms with van der Waals surface area (Å²) >= 11 is 8.00. The van der Waals surface area contributed by atoms with Gasteiger partial charge in [-0.15, -0.1) is 0 Å². The van der Waals surface area contributed by atoms with Crippen LogP contribution in [0.25, 0.3) is 34.3 Å². The second kappa shape index (κ2) is 12.9. The minimum atomic E-state index is -0.788. The molecule has 1 aliphatic heterocycles. The van der Waals surface area contributed by atoms with Gasteiger partial charge in [0.2, 0.25) is 0 Å². The van der Waals surface area contributed by atoms with Crippen LogP contribution in [0.1, 0.15) is 31.0 Å². The van der Waals surface area contributed by atoms with Crippen LogP contribution in [0.15, 0.2) is 142 Å². The Labute approximate surface area is 280 Å². The molecule has 4 aromatic carbocycles. The van der Waals surface area contributed by atoms with Gasteiger partial charge in [0, 0.05) is 16.3 Å². The molecule has 1 aliphatic rings. The van der Waals surface area contributed by atoms with Crippen molar-refractivity contribution in [3.63, 3.8) is 0 Å². The number of allylic oxidation sites excluding steroid dienone is 1. The van der Waals surface area contributed by atoms with Gasteiger partial charge in [-0.3, -0.25) is 9.36 Å². The van der Waals surface area contributed by atoms with Crippen molar-refractivity contribution in [3.05, 3.63) is 168 Å². The molecule has 232 valence electrons. The molecule has 0 saturated heterocycles. The Kier molecular flexibility index (Phi) is 8.33. The summed E-state index contributed by atoms with van der Waals surface area (Å²) in [4.78, 5) is 33.0. The number of fused-ring (bicyclic) bond motifs is 1. The molecule has 6 nitrogen and oxygen atoms in total. The lowest BCUT2D eigenvalue weighted by Gasteiger charge is -2.25. The minimum absolute atomic E-state index is 0.194. The molecule has 0 unspecified atom stereocenters. The molecule has 0 amide bonds. The Balaban J connectivity index is 1.52. The highest BCUT2D eigenvalue weighted by atomic mass is 35.5. The van der Waals surface area contributed by atoms with Gasteiger partial charge in [0.15, 0.2) is 4.80 Å². The van der Waals surface area contributed by atoms with E-state index in [0.29, 0.717) is 31.2 Å². The van der Waals surface area contributed by atoms with Crippen molar-refractivity contribution in [1.82, 2.24) is 9.13 Å². The minimum Gasteiger partial charge on any atom is -0.463 e. The number of carbonyl (C=O) groups excluding carboxylic acids is 1. The summed E-state index contributed by atoms with van der Waals surface area (Å²) < 4.78 is 9.74. The number of hydrogen-bond donors (Lipinski definition) is 0. The van der Waals surface area contributed by atoms with Crippen LogP contribution in [0.2, 0.25) is 5.02 Å². The van der Waals surface area contributed by atoms with Gasteiger partial charge < -0.3 is 9.30 Å². The maximum atomic E-state index is 14.5. The predicted octanol–water partition coefficient (Wildman–Crippen LogP) is 7.58. The van der Waals surface area contributed by atoms with Crippen LogP contribution >= 0.6 is 22.9 Å². The van der Waals surface area contributed by atoms with Gasteiger partial charge in [-0.1, -0.05) is 120 Å². The summed E-state index contributed by atoms with van der Waals surface area (Å²) in [5.74, 6) is -0.522. The zero-order valence-corrected chi connectivity index (χ0v) is 27.3. The summed E-state index contributed by atoms with van der Waals surface area (Å²) in [7, 11) is 0. The fraction of sp³-hybridized carbons (Fsp3) is 0.103. The molecule has 0 bridgehead atoms. The van der Waals surface area contributed by atoms with Crippen LogP contribution < -0.4 is 14.9 Å². The maximum Gasteiger partial charge on any atom is 0.338 e. The van der Waals surface area contributed by atoms with Crippen LogP contribution in [-0.4, -0.2) is 21.7 Å². The smallest absolute Gasteiger partial charge is 0.338 e. The van der Waals surface area contributed by atoms with Crippen molar-refractivity contribution in [2.24, 2.45) is 4.99 Å². The first-order chi connectivity index (χ1) is 23.0. The van der Waals surface area contributed by atoms with E-state index < -0.39 is 12.0 Å². The third kappa shape index (κ3) is 5.58. The summed E-state index contributed by atoms with van der Waals surface area (Å²) in [6, 6.07) is 39.2. The number of carbonyl (C=O) groups is 1. The molecule has 3 heterocycles. The molecule has 0 saturated carbocycles. The van der Waals surface area contributed by atoms with Crippen molar-refractivity contribution in [1.29, 1.82) is 0 Å². The number of thiazole rings is 1. The van der Waals surface area contributed by atoms with E-state index >= 15 is 0 Å². The lowest BCUT2D eigenvalue weighted by atomic mass is 9.96. The quantitative estimate of drug-likeness (QED) is 0.167. The highest BCUT2D eigenvalue weighted by Crippen LogP contribution is 2.37. The second-order valence-electron chi connectivity index (χ2n) is 11.1. The first-order valence-electron chi connectivity index (χ1n) is 15.3. The van der Waals surface area contributed by atoms with Crippen LogP contribution in [0.3, 0.4) is 0 Å². The van der Waals surface area contributed by atoms with E-state index in [1.54, 1.807) is 24.5 Å². The fourth-order valence-electron chi connectivity index (χ4n) is 6.12. The molecule has 0 spiro atoms. The Morgan fingerprint density at radius 2 is 1.51 bits per heavy atom. The molecule has 0 radical (unpaired) electrons. The SMILES string of the molecule is CCOC(=O)C1=C(C)N=c2s/c(=C\c3cc(-c4ccccc4)n(-c4ccccc4)c3-c3ccccc3)c(=O)n2[C@H]1c1ccccc1Cl. The van der Waals surface area contributed by atoms with Crippen LogP contribution in [0.4, 0.5) is 0 Å². The monoisotopic (exact) mass is 655 g/mol. The lowest BCUT2D eigenvalue weighted by molar-refractivity contribution is -0.139. The number of esters is 1. The molecule has 2 aromatic heterocycles. The highest BCUT2D eigenvalue weighted by Gasteiger charge is 2.34. The zero-order chi connectivity index (χ0) is 32.5. The van der Waals surface area contributed by atoms with Gasteiger partial charge >= 0.3 is 5.97 Å². The number of rotatable bonds is 7. The third-order valence-electron chi connectivity index (χ3n) is 8.16. The Morgan fingerprint density at radius 1 is 0.894 bits per heavy atom. The Hall–Kier alpha value is -5.24. The Bertz CT molecular complexity index is 2320. The van der Waals surface area contributed by atoms with Gasteiger partial charge in [-0.05, 0) is 60.9 Å². The molecule has 6 aromatic rings. The highest BCUT2D eigenvalue weighted by molar-refractivity contribution is 7.07. The van der Waals surface area contributed by atoms with Crippen LogP contribution in [0, 0.1) is 0 Å². The number of aromatic nitrogens is 2. The Morgan fingerprint density at radius 3 is 2.17 bits per heavy atom. The summed E-state index contributed by atoms with van der Waals surface area (Å²) in [5, 5.41) is 0.447. The second-order valence-corrected chi connectivity index (χ2v) is 12.5. The maximum absolute atomic E-state index is 14.5. The van der Waals surface area contributed by atoms with E-state index in [-0.39, 0.29) is 12.2 Å². The van der Waals surface area contributed by atoms with E-state index in [1.807, 2.05) is 78.9 Å². The number of hydrogen-bond acceptors (Lipinski definition) is 5. The van der Waals surface area contributed by atoms with E-state index in [0.717, 1.165) is 33.8 Å². The third-order valence-corrected chi connectivity index (χ3v) is 9.49. The number of benzene rings is 4. The molecule has 7 rings (SSSR count). The molecule has 47 heavy (non-hydrogen) atoms. The first-order valence-corrected chi connectivity index (χ1v) is 16.5. The molecule has 0 aliphatic carbocycles. The van der Waals surface area contributed by atoms with Crippen molar-refractivity contribution in [2.45, 2.75) is 19.9 Å². The van der Waals surface area contributed by atoms with E-state index in [1.165, 1.54) is 11.3 Å². The molecular formula is C39H30ClN3O3S. The molecule has 0 fully saturated rings. The van der Waals surface area contributed by atoms with E-state index in [4.69, 9.17) is 21.3 Å². The molecular weight excluding hydrogens is 626 g/mol. The lowest BCUT2D eigenvalue weighted by Crippen LogP contribution is -2.40. The number of halogens is 1. The summed E-state index contributed by atoms with van der Waals surface area (Å²) in [5.41, 5.74) is 7.02. The van der Waals surface area contributed by atoms with Crippen molar-refractivity contribution >= 4 is 35.0 Å². The summed E-state index contributed by atoms with van der Waals surface area (Å²) in [6.45, 7) is 3.72. The molecule has 0 N–H and O–H groups in total. The van der Waals surface area contributed by atoms with Gasteiger partial charge in [-0.2, -0.15) is 0 Å². The van der Waals surface area contributed by atoms with Crippen LogP contribution in [-0.2, 0) is 9.53 Å². The van der Waals surface area contributed by atoms with Crippen molar-refractivity contribution < 1.29 is 9.53 Å². The van der Waals surface area contributed by atoms with Crippen LogP contribution in [0.5, 0.6) is 0 Å². The van der Waals surface area contributed by atoms with Gasteiger partial charge in [-0.25, -0.2) is 9.79 Å². The number of para-hydroxylation sites is 1. The largest absolute Gasteiger partial charge is 0.463 e. The van der Waals surface area contributed by atoms with E-state index in [2.05, 4.69) is 47.0 Å². The fourth-order valence-corrected chi connectivity index (χ4v) is 7.40. The average Bonchev–Trinajstić information content (AvgIpc) is 3.62. The van der Waals surface area contributed by atoms with E-state index in [9.17, 15) is 9.59 Å². The molecule has 1 atom stereocenters. The zero-order valence-electron chi connectivity index (χ0n) is 25.8. The number of ether oxygens (including phenoxy) is 1. The predicted molar refractivity (Wildman–Crippen MR) is 188 cm³/mol. The molecule has 8 heteroatoms. The van der Waals surface area contributed by atoms with Gasteiger partial charge in [0.1, 0.15) is 6.04 Å². The van der Waals surface area contributed by atoms with Crippen molar-refractivity contribution in [3.8, 4) is 28.2 Å². The van der Waals surface area contributed by atoms with Crippen molar-refractivity contribution in [2.75, 3.05) is 6.61 Å². The average molecular weight is 656 g/mol. The normalized spacial score (nSPS) is 14.5. The first kappa shape index (κ1) is 30.4. The van der Waals surface area contributed by atoms with Gasteiger partial charge in [0.25, 0.3) is 5.56 Å². The van der Waals surface area contributed by atoms with Gasteiger partial charge in [0.05, 0.1) is 33.8 Å². The standard InChI is InChI=1S/C39H30ClN3O3S/c1-3-46-38(45)34-25(2)41-39-43(36(34)30-21-13-14-22-31(30)40)37(44)33(47-39)24-28-23-32(26-15-7-4-8-16-26)42(29-19-11-6-12-20-29)35(28)27-17-9-5-10-18-27/h4-24,36H,3H2,1-2H3/b33-24-/t36-/m0/s1. The number of nitrogens with zero attached hydrogens (tertiary/aromatic N) is 3.